The second-order valence-electron chi connectivity index (χ2n) is 5.48. The zero-order valence-electron chi connectivity index (χ0n) is 14.3. The Balaban J connectivity index is 1.89. The van der Waals surface area contributed by atoms with Crippen molar-refractivity contribution in [2.24, 2.45) is 4.99 Å². The Morgan fingerprint density at radius 1 is 1.16 bits per heavy atom. The molecule has 5 nitrogen and oxygen atoms in total. The number of ether oxygens (including phenoxy) is 2. The van der Waals surface area contributed by atoms with E-state index in [0.717, 1.165) is 28.9 Å². The molecule has 0 aliphatic heterocycles. The van der Waals surface area contributed by atoms with Crippen molar-refractivity contribution in [1.29, 1.82) is 0 Å². The van der Waals surface area contributed by atoms with E-state index >= 15 is 0 Å². The fraction of sp³-hybridized carbons (Fsp3) is 0.263. The predicted molar refractivity (Wildman–Crippen MR) is 99.2 cm³/mol. The van der Waals surface area contributed by atoms with Crippen LogP contribution >= 0.6 is 11.3 Å². The van der Waals surface area contributed by atoms with Crippen LogP contribution in [0, 0.1) is 0 Å². The summed E-state index contributed by atoms with van der Waals surface area (Å²) in [5.74, 6) is 1.15. The summed E-state index contributed by atoms with van der Waals surface area (Å²) in [6.07, 6.45) is 0.949. The molecule has 1 heterocycles. The van der Waals surface area contributed by atoms with Gasteiger partial charge in [-0.2, -0.15) is 4.99 Å². The first-order valence-electron chi connectivity index (χ1n) is 8.14. The van der Waals surface area contributed by atoms with Gasteiger partial charge >= 0.3 is 0 Å². The molecule has 0 saturated heterocycles. The molecule has 3 rings (SSSR count). The van der Waals surface area contributed by atoms with E-state index in [-0.39, 0.29) is 12.5 Å². The van der Waals surface area contributed by atoms with E-state index in [4.69, 9.17) is 9.47 Å². The molecule has 6 heteroatoms. The summed E-state index contributed by atoms with van der Waals surface area (Å²) in [7, 11) is 1.65. The van der Waals surface area contributed by atoms with Crippen molar-refractivity contribution in [1.82, 2.24) is 4.57 Å². The Hall–Kier alpha value is -2.60. The number of methoxy groups -OCH3 is 1. The Morgan fingerprint density at radius 2 is 1.96 bits per heavy atom. The number of nitrogens with zero attached hydrogens (tertiary/aromatic N) is 2. The summed E-state index contributed by atoms with van der Waals surface area (Å²) in [4.78, 5) is 17.2. The standard InChI is InChI=1S/C19H20N2O3S/c1-3-11-21-16-12-15(23-2)9-10-17(16)25-19(21)20-18(22)13-24-14-7-5-4-6-8-14/h4-10,12H,3,11,13H2,1-2H3. The monoisotopic (exact) mass is 356 g/mol. The Labute approximate surface area is 150 Å². The zero-order valence-corrected chi connectivity index (χ0v) is 15.1. The number of amides is 1. The van der Waals surface area contributed by atoms with Crippen LogP contribution in [0.15, 0.2) is 53.5 Å². The van der Waals surface area contributed by atoms with Crippen LogP contribution in [-0.4, -0.2) is 24.2 Å². The molecule has 0 atom stereocenters. The van der Waals surface area contributed by atoms with Crippen LogP contribution in [0.5, 0.6) is 11.5 Å². The molecule has 0 saturated carbocycles. The van der Waals surface area contributed by atoms with E-state index in [1.165, 1.54) is 11.3 Å². The Morgan fingerprint density at radius 3 is 2.68 bits per heavy atom. The van der Waals surface area contributed by atoms with E-state index < -0.39 is 0 Å². The third-order valence-electron chi connectivity index (χ3n) is 3.66. The first-order chi connectivity index (χ1) is 12.2. The lowest BCUT2D eigenvalue weighted by Gasteiger charge is -2.05. The number of carbonyl (C=O) groups is 1. The van der Waals surface area contributed by atoms with Crippen molar-refractivity contribution in [3.8, 4) is 11.5 Å². The van der Waals surface area contributed by atoms with Gasteiger partial charge in [0.25, 0.3) is 5.91 Å². The van der Waals surface area contributed by atoms with Gasteiger partial charge in [-0.25, -0.2) is 0 Å². The van der Waals surface area contributed by atoms with Gasteiger partial charge in [0.1, 0.15) is 11.5 Å². The third-order valence-corrected chi connectivity index (χ3v) is 4.72. The highest BCUT2D eigenvalue weighted by Gasteiger charge is 2.09. The second-order valence-corrected chi connectivity index (χ2v) is 6.49. The summed E-state index contributed by atoms with van der Waals surface area (Å²) in [6, 6.07) is 15.2. The summed E-state index contributed by atoms with van der Waals surface area (Å²) in [5, 5.41) is 0. The molecule has 130 valence electrons. The lowest BCUT2D eigenvalue weighted by atomic mass is 10.3. The SMILES string of the molecule is CCCn1c(=NC(=O)COc2ccccc2)sc2ccc(OC)cc21. The fourth-order valence-electron chi connectivity index (χ4n) is 2.50. The number of fused-ring (bicyclic) bond motifs is 1. The molecule has 0 aliphatic carbocycles. The summed E-state index contributed by atoms with van der Waals surface area (Å²) >= 11 is 1.50. The number of aromatic nitrogens is 1. The average Bonchev–Trinajstić information content (AvgIpc) is 2.97. The van der Waals surface area contributed by atoms with Gasteiger partial charge in [-0.15, -0.1) is 0 Å². The first-order valence-corrected chi connectivity index (χ1v) is 8.95. The summed E-state index contributed by atoms with van der Waals surface area (Å²) < 4.78 is 13.9. The lowest BCUT2D eigenvalue weighted by Crippen LogP contribution is -2.19. The molecular weight excluding hydrogens is 336 g/mol. The molecule has 3 aromatic rings. The van der Waals surface area contributed by atoms with Gasteiger partial charge in [-0.3, -0.25) is 4.79 Å². The van der Waals surface area contributed by atoms with Crippen molar-refractivity contribution in [3.05, 3.63) is 53.3 Å². The van der Waals surface area contributed by atoms with Crippen LogP contribution in [0.25, 0.3) is 10.2 Å². The van der Waals surface area contributed by atoms with Crippen LogP contribution in [0.1, 0.15) is 13.3 Å². The highest BCUT2D eigenvalue weighted by atomic mass is 32.1. The minimum absolute atomic E-state index is 0.0757. The number of carbonyl (C=O) groups excluding carboxylic acids is 1. The molecule has 2 aromatic carbocycles. The van der Waals surface area contributed by atoms with Crippen molar-refractivity contribution in [2.45, 2.75) is 19.9 Å². The zero-order chi connectivity index (χ0) is 17.6. The third kappa shape index (κ3) is 4.09. The molecule has 0 unspecified atom stereocenters. The molecule has 1 amide bonds. The molecule has 0 spiro atoms. The number of hydrogen-bond donors (Lipinski definition) is 0. The largest absolute Gasteiger partial charge is 0.497 e. The molecule has 0 fully saturated rings. The van der Waals surface area contributed by atoms with Crippen molar-refractivity contribution >= 4 is 27.5 Å². The van der Waals surface area contributed by atoms with Gasteiger partial charge in [0, 0.05) is 12.6 Å². The minimum Gasteiger partial charge on any atom is -0.497 e. The molecule has 0 aliphatic rings. The van der Waals surface area contributed by atoms with Gasteiger partial charge in [0.05, 0.1) is 17.3 Å². The van der Waals surface area contributed by atoms with Crippen molar-refractivity contribution in [2.75, 3.05) is 13.7 Å². The number of benzene rings is 2. The van der Waals surface area contributed by atoms with E-state index in [0.29, 0.717) is 10.6 Å². The maximum Gasteiger partial charge on any atom is 0.286 e. The average molecular weight is 356 g/mol. The number of aryl methyl sites for hydroxylation is 1. The molecule has 0 N–H and O–H groups in total. The number of rotatable bonds is 6. The molecular formula is C19H20N2O3S. The maximum absolute atomic E-state index is 12.2. The summed E-state index contributed by atoms with van der Waals surface area (Å²) in [6.45, 7) is 2.81. The molecule has 0 radical (unpaired) electrons. The van der Waals surface area contributed by atoms with E-state index in [1.54, 1.807) is 7.11 Å². The van der Waals surface area contributed by atoms with Crippen LogP contribution in [0.4, 0.5) is 0 Å². The topological polar surface area (TPSA) is 52.8 Å². The van der Waals surface area contributed by atoms with Gasteiger partial charge in [-0.1, -0.05) is 36.5 Å². The fourth-order valence-corrected chi connectivity index (χ4v) is 3.56. The second kappa shape index (κ2) is 7.98. The van der Waals surface area contributed by atoms with Crippen LogP contribution < -0.4 is 14.3 Å². The molecule has 25 heavy (non-hydrogen) atoms. The van der Waals surface area contributed by atoms with Crippen LogP contribution in [0.3, 0.4) is 0 Å². The number of hydrogen-bond acceptors (Lipinski definition) is 4. The quantitative estimate of drug-likeness (QED) is 0.678. The van der Waals surface area contributed by atoms with Crippen molar-refractivity contribution < 1.29 is 14.3 Å². The highest BCUT2D eigenvalue weighted by Crippen LogP contribution is 2.23. The van der Waals surface area contributed by atoms with Gasteiger partial charge in [-0.05, 0) is 30.7 Å². The smallest absolute Gasteiger partial charge is 0.286 e. The van der Waals surface area contributed by atoms with E-state index in [9.17, 15) is 4.79 Å². The van der Waals surface area contributed by atoms with Gasteiger partial charge < -0.3 is 14.0 Å². The van der Waals surface area contributed by atoms with E-state index in [2.05, 4.69) is 16.5 Å². The minimum atomic E-state index is -0.299. The maximum atomic E-state index is 12.2. The molecule has 0 bridgehead atoms. The Bertz CT molecular complexity index is 929. The molecule has 1 aromatic heterocycles. The number of para-hydroxylation sites is 1. The van der Waals surface area contributed by atoms with Crippen molar-refractivity contribution in [3.63, 3.8) is 0 Å². The number of thiazole rings is 1. The predicted octanol–water partition coefficient (Wildman–Crippen LogP) is 3.63. The van der Waals surface area contributed by atoms with E-state index in [1.807, 2.05) is 48.5 Å². The van der Waals surface area contributed by atoms with Gasteiger partial charge in [0.15, 0.2) is 11.4 Å². The first kappa shape index (κ1) is 17.2. The summed E-state index contributed by atoms with van der Waals surface area (Å²) in [5.41, 5.74) is 1.03. The van der Waals surface area contributed by atoms with Crippen LogP contribution in [-0.2, 0) is 11.3 Å². The highest BCUT2D eigenvalue weighted by molar-refractivity contribution is 7.16. The normalized spacial score (nSPS) is 11.7. The lowest BCUT2D eigenvalue weighted by molar-refractivity contribution is -0.120. The van der Waals surface area contributed by atoms with Crippen LogP contribution in [0.2, 0.25) is 0 Å². The van der Waals surface area contributed by atoms with Gasteiger partial charge in [0.2, 0.25) is 0 Å². The Kier molecular flexibility index (Phi) is 5.50.